The van der Waals surface area contributed by atoms with Crippen molar-refractivity contribution in [1.82, 2.24) is 14.6 Å². The molecular weight excluding hydrogens is 353 g/mol. The van der Waals surface area contributed by atoms with Crippen LogP contribution < -0.4 is 0 Å². The van der Waals surface area contributed by atoms with E-state index in [1.54, 1.807) is 7.11 Å². The van der Waals surface area contributed by atoms with Gasteiger partial charge in [-0.15, -0.1) is 0 Å². The summed E-state index contributed by atoms with van der Waals surface area (Å²) >= 11 is 0. The monoisotopic (exact) mass is 387 g/mol. The predicted molar refractivity (Wildman–Crippen MR) is 112 cm³/mol. The topological polar surface area (TPSA) is 56.2 Å². The van der Waals surface area contributed by atoms with Crippen LogP contribution in [0.25, 0.3) is 0 Å². The fraction of sp³-hybridized carbons (Fsp3) is 0.667. The van der Waals surface area contributed by atoms with Gasteiger partial charge in [-0.2, -0.15) is 0 Å². The van der Waals surface area contributed by atoms with E-state index < -0.39 is 0 Å². The normalized spacial score (nSPS) is 22.4. The molecule has 1 aromatic rings. The van der Waals surface area contributed by atoms with E-state index in [1.165, 1.54) is 5.56 Å². The Morgan fingerprint density at radius 1 is 1.18 bits per heavy atom. The minimum atomic E-state index is -0.388. The molecule has 2 fully saturated rings. The molecule has 0 aromatic heterocycles. The fourth-order valence-corrected chi connectivity index (χ4v) is 4.46. The van der Waals surface area contributed by atoms with Gasteiger partial charge in [0.2, 0.25) is 5.91 Å². The van der Waals surface area contributed by atoms with Crippen LogP contribution in [0.3, 0.4) is 0 Å². The number of piperazine rings is 1. The maximum Gasteiger partial charge on any atom is 0.376 e. The van der Waals surface area contributed by atoms with E-state index in [9.17, 15) is 9.82 Å². The Labute approximate surface area is 169 Å². The van der Waals surface area contributed by atoms with Crippen molar-refractivity contribution in [2.75, 3.05) is 46.4 Å². The number of carbonyl (C=O) groups is 1. The van der Waals surface area contributed by atoms with E-state index >= 15 is 0 Å². The third kappa shape index (κ3) is 5.80. The second-order valence-corrected chi connectivity index (χ2v) is 8.23. The van der Waals surface area contributed by atoms with Gasteiger partial charge in [0.05, 0.1) is 12.6 Å². The number of methoxy groups -OCH3 is 1. The van der Waals surface area contributed by atoms with E-state index in [0.29, 0.717) is 18.9 Å². The van der Waals surface area contributed by atoms with Crippen LogP contribution in [-0.4, -0.2) is 85.1 Å². The van der Waals surface area contributed by atoms with Crippen molar-refractivity contribution in [3.63, 3.8) is 0 Å². The lowest BCUT2D eigenvalue weighted by Crippen LogP contribution is -2.56. The molecule has 1 atom stereocenters. The number of hydrogen-bond donors (Lipinski definition) is 1. The van der Waals surface area contributed by atoms with Gasteiger partial charge < -0.3 is 19.5 Å². The van der Waals surface area contributed by atoms with E-state index in [1.807, 2.05) is 17.8 Å². The Kier molecular flexibility index (Phi) is 7.91. The summed E-state index contributed by atoms with van der Waals surface area (Å²) in [6, 6.07) is 10.6. The second-order valence-electron chi connectivity index (χ2n) is 8.23. The van der Waals surface area contributed by atoms with E-state index in [2.05, 4.69) is 34.0 Å². The second kappa shape index (κ2) is 10.4. The lowest BCUT2D eigenvalue weighted by Gasteiger charge is -2.42. The predicted octanol–water partition coefficient (Wildman–Crippen LogP) is 1.56. The molecule has 0 radical (unpaired) electrons. The van der Waals surface area contributed by atoms with Crippen LogP contribution in [0.4, 0.5) is 0 Å². The smallest absolute Gasteiger partial charge is 0.376 e. The first kappa shape index (κ1) is 21.3. The van der Waals surface area contributed by atoms with Gasteiger partial charge in [-0.05, 0) is 44.2 Å². The van der Waals surface area contributed by atoms with Gasteiger partial charge in [-0.25, -0.2) is 0 Å². The van der Waals surface area contributed by atoms with Crippen LogP contribution in [0.15, 0.2) is 30.3 Å². The van der Waals surface area contributed by atoms with Crippen molar-refractivity contribution < 1.29 is 14.6 Å². The molecular formula is C21H34BN3O3. The molecule has 2 aliphatic rings. The Hall–Kier alpha value is -1.41. The molecule has 0 aliphatic carbocycles. The van der Waals surface area contributed by atoms with Crippen molar-refractivity contribution in [3.8, 4) is 0 Å². The number of benzene rings is 1. The zero-order chi connectivity index (χ0) is 19.9. The highest BCUT2D eigenvalue weighted by molar-refractivity contribution is 6.45. The summed E-state index contributed by atoms with van der Waals surface area (Å²) in [6.07, 6.45) is 2.59. The van der Waals surface area contributed by atoms with Gasteiger partial charge in [0.15, 0.2) is 0 Å². The highest BCUT2D eigenvalue weighted by Gasteiger charge is 2.32. The molecule has 3 rings (SSSR count). The van der Waals surface area contributed by atoms with Gasteiger partial charge in [0.1, 0.15) is 0 Å². The van der Waals surface area contributed by atoms with Gasteiger partial charge in [0, 0.05) is 39.7 Å². The molecule has 0 bridgehead atoms. The quantitative estimate of drug-likeness (QED) is 0.720. The number of piperidine rings is 1. The summed E-state index contributed by atoms with van der Waals surface area (Å²) < 4.78 is 5.44. The van der Waals surface area contributed by atoms with Gasteiger partial charge in [-0.3, -0.25) is 9.69 Å². The number of carbonyl (C=O) groups excluding carboxylic acids is 1. The van der Waals surface area contributed by atoms with Crippen molar-refractivity contribution >= 4 is 13.0 Å². The molecule has 0 spiro atoms. The van der Waals surface area contributed by atoms with Gasteiger partial charge >= 0.3 is 7.05 Å². The summed E-state index contributed by atoms with van der Waals surface area (Å²) in [5.41, 5.74) is 1.31. The standard InChI is InChI=1S/C21H34BN3O3/c1-22(27)24-10-8-18(9-11-24)14-21(26)25-13-12-23(16-20(25)17-28-2)15-19-6-4-3-5-7-19/h3-7,18,20,27H,8-17H2,1-2H3/t20-/m1/s1. The first-order valence-corrected chi connectivity index (χ1v) is 10.5. The highest BCUT2D eigenvalue weighted by atomic mass is 16.5. The first-order valence-electron chi connectivity index (χ1n) is 10.5. The van der Waals surface area contributed by atoms with Crippen LogP contribution in [0.5, 0.6) is 0 Å². The number of amides is 1. The van der Waals surface area contributed by atoms with E-state index in [-0.39, 0.29) is 19.0 Å². The zero-order valence-electron chi connectivity index (χ0n) is 17.3. The molecule has 7 heteroatoms. The molecule has 1 amide bonds. The van der Waals surface area contributed by atoms with E-state index in [0.717, 1.165) is 52.1 Å². The average molecular weight is 387 g/mol. The fourth-order valence-electron chi connectivity index (χ4n) is 4.46. The third-order valence-electron chi connectivity index (χ3n) is 6.14. The SMILES string of the molecule is COC[C@H]1CN(Cc2ccccc2)CCN1C(=O)CC1CCN(B(C)O)CC1. The lowest BCUT2D eigenvalue weighted by atomic mass is 9.80. The maximum atomic E-state index is 13.0. The first-order chi connectivity index (χ1) is 13.6. The Morgan fingerprint density at radius 2 is 1.89 bits per heavy atom. The molecule has 1 aromatic carbocycles. The highest BCUT2D eigenvalue weighted by Crippen LogP contribution is 2.23. The molecule has 2 heterocycles. The summed E-state index contributed by atoms with van der Waals surface area (Å²) in [7, 11) is 1.32. The van der Waals surface area contributed by atoms with Crippen LogP contribution in [-0.2, 0) is 16.1 Å². The molecule has 0 saturated carbocycles. The molecule has 2 saturated heterocycles. The van der Waals surface area contributed by atoms with Crippen molar-refractivity contribution in [2.24, 2.45) is 5.92 Å². The van der Waals surface area contributed by atoms with Crippen molar-refractivity contribution in [2.45, 2.75) is 38.7 Å². The van der Waals surface area contributed by atoms with Crippen LogP contribution in [0.2, 0.25) is 6.82 Å². The average Bonchev–Trinajstić information content (AvgIpc) is 2.69. The van der Waals surface area contributed by atoms with Crippen molar-refractivity contribution in [1.29, 1.82) is 0 Å². The van der Waals surface area contributed by atoms with Crippen LogP contribution in [0, 0.1) is 5.92 Å². The lowest BCUT2D eigenvalue weighted by molar-refractivity contribution is -0.139. The summed E-state index contributed by atoms with van der Waals surface area (Å²) in [4.78, 5) is 19.6. The molecule has 154 valence electrons. The van der Waals surface area contributed by atoms with Crippen molar-refractivity contribution in [3.05, 3.63) is 35.9 Å². The Morgan fingerprint density at radius 3 is 2.54 bits per heavy atom. The van der Waals surface area contributed by atoms with E-state index in [4.69, 9.17) is 4.74 Å². The summed E-state index contributed by atoms with van der Waals surface area (Å²) in [6.45, 7) is 7.60. The number of rotatable bonds is 7. The summed E-state index contributed by atoms with van der Waals surface area (Å²) in [5.74, 6) is 0.685. The largest absolute Gasteiger partial charge is 0.437 e. The number of ether oxygens (including phenoxy) is 1. The Bertz CT molecular complexity index is 608. The molecule has 2 aliphatic heterocycles. The van der Waals surface area contributed by atoms with Gasteiger partial charge in [-0.1, -0.05) is 30.3 Å². The van der Waals surface area contributed by atoms with Gasteiger partial charge in [0.25, 0.3) is 0 Å². The number of nitrogens with zero attached hydrogens (tertiary/aromatic N) is 3. The Balaban J connectivity index is 1.52. The molecule has 0 unspecified atom stereocenters. The zero-order valence-corrected chi connectivity index (χ0v) is 17.3. The van der Waals surface area contributed by atoms with Crippen LogP contribution >= 0.6 is 0 Å². The molecule has 6 nitrogen and oxygen atoms in total. The maximum absolute atomic E-state index is 13.0. The molecule has 1 N–H and O–H groups in total. The third-order valence-corrected chi connectivity index (χ3v) is 6.14. The summed E-state index contributed by atoms with van der Waals surface area (Å²) in [5, 5.41) is 9.71. The van der Waals surface area contributed by atoms with Crippen LogP contribution in [0.1, 0.15) is 24.8 Å². The minimum absolute atomic E-state index is 0.118. The number of hydrogen-bond acceptors (Lipinski definition) is 5. The minimum Gasteiger partial charge on any atom is -0.437 e. The molecule has 28 heavy (non-hydrogen) atoms.